The Kier molecular flexibility index (Phi) is 7.00. The highest BCUT2D eigenvalue weighted by molar-refractivity contribution is 9.10. The predicted octanol–water partition coefficient (Wildman–Crippen LogP) is 5.14. The number of nitrogens with one attached hydrogen (secondary N) is 2. The molecule has 5 nitrogen and oxygen atoms in total. The third-order valence-corrected chi connectivity index (χ3v) is 6.42. The van der Waals surface area contributed by atoms with Gasteiger partial charge in [0.15, 0.2) is 0 Å². The van der Waals surface area contributed by atoms with Gasteiger partial charge in [-0.25, -0.2) is 8.78 Å². The van der Waals surface area contributed by atoms with Gasteiger partial charge in [0.25, 0.3) is 6.43 Å². The van der Waals surface area contributed by atoms with Crippen molar-refractivity contribution in [1.82, 2.24) is 15.6 Å². The van der Waals surface area contributed by atoms with E-state index in [4.69, 9.17) is 4.74 Å². The number of alkyl halides is 4. The van der Waals surface area contributed by atoms with E-state index in [9.17, 15) is 17.6 Å². The molecule has 0 bridgehead atoms. The van der Waals surface area contributed by atoms with E-state index in [1.54, 1.807) is 12.3 Å². The van der Waals surface area contributed by atoms with E-state index in [0.717, 1.165) is 36.6 Å². The van der Waals surface area contributed by atoms with Crippen LogP contribution in [0.5, 0.6) is 5.75 Å². The average molecular weight is 506 g/mol. The van der Waals surface area contributed by atoms with Gasteiger partial charge >= 0.3 is 6.61 Å². The van der Waals surface area contributed by atoms with Gasteiger partial charge in [0.2, 0.25) is 0 Å². The van der Waals surface area contributed by atoms with Gasteiger partial charge in [-0.15, -0.1) is 0 Å². The van der Waals surface area contributed by atoms with Crippen LogP contribution in [-0.2, 0) is 4.74 Å². The number of nitrogens with zero attached hydrogens (tertiary/aromatic N) is 1. The Morgan fingerprint density at radius 3 is 2.48 bits per heavy atom. The van der Waals surface area contributed by atoms with E-state index in [0.29, 0.717) is 9.99 Å². The third-order valence-electron chi connectivity index (χ3n) is 5.80. The molecule has 10 heteroatoms. The summed E-state index contributed by atoms with van der Waals surface area (Å²) in [6, 6.07) is 4.72. The van der Waals surface area contributed by atoms with E-state index < -0.39 is 19.1 Å². The normalized spacial score (nSPS) is 27.1. The Hall–Kier alpha value is -1.49. The lowest BCUT2D eigenvalue weighted by Gasteiger charge is -2.31. The van der Waals surface area contributed by atoms with Gasteiger partial charge in [0.05, 0.1) is 16.0 Å². The Morgan fingerprint density at radius 2 is 1.81 bits per heavy atom. The predicted molar refractivity (Wildman–Crippen MR) is 111 cm³/mol. The SMILES string of the molecule is C[C@H](NC1CCC(NC2OC2c2cnc3cc(OC(F)F)c(Br)cc3c2)CC1)C(F)F. The zero-order valence-corrected chi connectivity index (χ0v) is 18.4. The largest absolute Gasteiger partial charge is 0.434 e. The molecule has 1 saturated heterocycles. The van der Waals surface area contributed by atoms with Gasteiger partial charge in [0, 0.05) is 35.3 Å². The molecular weight excluding hydrogens is 482 g/mol. The Balaban J connectivity index is 1.31. The number of ether oxygens (including phenoxy) is 2. The summed E-state index contributed by atoms with van der Waals surface area (Å²) < 4.78 is 61.1. The number of benzene rings is 1. The molecule has 1 aliphatic carbocycles. The monoisotopic (exact) mass is 505 g/mol. The van der Waals surface area contributed by atoms with Crippen molar-refractivity contribution >= 4 is 26.8 Å². The first kappa shape index (κ1) is 22.7. The molecule has 0 amide bonds. The highest BCUT2D eigenvalue weighted by Crippen LogP contribution is 2.40. The summed E-state index contributed by atoms with van der Waals surface area (Å²) >= 11 is 3.25. The smallest absolute Gasteiger partial charge is 0.387 e. The first-order chi connectivity index (χ1) is 14.8. The van der Waals surface area contributed by atoms with Crippen LogP contribution in [-0.4, -0.2) is 42.4 Å². The molecule has 0 spiro atoms. The third kappa shape index (κ3) is 5.66. The lowest BCUT2D eigenvalue weighted by molar-refractivity contribution is -0.0502. The molecule has 2 aliphatic rings. The van der Waals surface area contributed by atoms with Crippen LogP contribution >= 0.6 is 15.9 Å². The van der Waals surface area contributed by atoms with E-state index in [-0.39, 0.29) is 30.2 Å². The fourth-order valence-electron chi connectivity index (χ4n) is 4.08. The van der Waals surface area contributed by atoms with Crippen LogP contribution in [0.4, 0.5) is 17.6 Å². The van der Waals surface area contributed by atoms with E-state index in [2.05, 4.69) is 36.3 Å². The van der Waals surface area contributed by atoms with Crippen LogP contribution in [0, 0.1) is 0 Å². The quantitative estimate of drug-likeness (QED) is 0.384. The van der Waals surface area contributed by atoms with Crippen molar-refractivity contribution in [1.29, 1.82) is 0 Å². The summed E-state index contributed by atoms with van der Waals surface area (Å²) in [4.78, 5) is 4.36. The molecule has 4 rings (SSSR count). The molecule has 1 aromatic heterocycles. The van der Waals surface area contributed by atoms with Crippen molar-refractivity contribution in [2.24, 2.45) is 0 Å². The first-order valence-electron chi connectivity index (χ1n) is 10.3. The van der Waals surface area contributed by atoms with E-state index in [1.165, 1.54) is 13.0 Å². The molecule has 0 radical (unpaired) electrons. The van der Waals surface area contributed by atoms with Crippen molar-refractivity contribution in [3.63, 3.8) is 0 Å². The number of halogens is 5. The standard InChI is InChI=1S/C21H24BrF4N3O2/c1-10(19(23)24)28-13-2-4-14(5-3-13)29-20-18(31-20)12-6-11-7-15(22)17(30-21(25)26)8-16(11)27-9-12/h6-10,13-14,18-21,28-29H,2-5H2,1H3/t10-,13?,14?,18?,20?/m0/s1. The van der Waals surface area contributed by atoms with Crippen LogP contribution in [0.2, 0.25) is 0 Å². The van der Waals surface area contributed by atoms with Crippen molar-refractivity contribution < 1.29 is 27.0 Å². The van der Waals surface area contributed by atoms with E-state index >= 15 is 0 Å². The molecule has 1 aliphatic heterocycles. The molecule has 2 aromatic rings. The van der Waals surface area contributed by atoms with Gasteiger partial charge in [-0.3, -0.25) is 10.3 Å². The topological polar surface area (TPSA) is 58.7 Å². The minimum absolute atomic E-state index is 0.0398. The van der Waals surface area contributed by atoms with E-state index in [1.807, 2.05) is 6.07 Å². The van der Waals surface area contributed by atoms with Crippen molar-refractivity contribution in [3.05, 3.63) is 34.4 Å². The minimum atomic E-state index is -2.90. The Bertz CT molecular complexity index is 912. The maximum atomic E-state index is 12.7. The van der Waals surface area contributed by atoms with Crippen LogP contribution in [0.1, 0.15) is 44.3 Å². The number of pyridine rings is 1. The van der Waals surface area contributed by atoms with Crippen molar-refractivity contribution in [2.45, 2.75) is 76.1 Å². The molecule has 2 fully saturated rings. The van der Waals surface area contributed by atoms with Crippen LogP contribution in [0.15, 0.2) is 28.9 Å². The average Bonchev–Trinajstić information content (AvgIpc) is 3.48. The first-order valence-corrected chi connectivity index (χ1v) is 11.1. The van der Waals surface area contributed by atoms with Gasteiger partial charge < -0.3 is 14.8 Å². The van der Waals surface area contributed by atoms with Gasteiger partial charge in [-0.1, -0.05) is 0 Å². The van der Waals surface area contributed by atoms with Crippen LogP contribution in [0.3, 0.4) is 0 Å². The highest BCUT2D eigenvalue weighted by Gasteiger charge is 2.42. The van der Waals surface area contributed by atoms with Crippen LogP contribution in [0.25, 0.3) is 10.9 Å². The zero-order valence-electron chi connectivity index (χ0n) is 16.8. The number of fused-ring (bicyclic) bond motifs is 1. The van der Waals surface area contributed by atoms with Gasteiger partial charge in [-0.2, -0.15) is 8.78 Å². The maximum absolute atomic E-state index is 12.7. The van der Waals surface area contributed by atoms with Gasteiger partial charge in [0.1, 0.15) is 18.1 Å². The summed E-state index contributed by atoms with van der Waals surface area (Å²) in [5.74, 6) is 0.0398. The van der Waals surface area contributed by atoms with Crippen molar-refractivity contribution in [3.8, 4) is 5.75 Å². The summed E-state index contributed by atoms with van der Waals surface area (Å²) in [6.45, 7) is -1.39. The molecule has 2 N–H and O–H groups in total. The second-order valence-electron chi connectivity index (χ2n) is 8.10. The molecule has 2 heterocycles. The van der Waals surface area contributed by atoms with Crippen LogP contribution < -0.4 is 15.4 Å². The molecule has 170 valence electrons. The number of hydrogen-bond donors (Lipinski definition) is 2. The molecule has 3 atom stereocenters. The lowest BCUT2D eigenvalue weighted by atomic mass is 9.90. The number of epoxide rings is 1. The maximum Gasteiger partial charge on any atom is 0.387 e. The molecular formula is C21H24BrF4N3O2. The summed E-state index contributed by atoms with van der Waals surface area (Å²) in [7, 11) is 0. The number of rotatable bonds is 8. The number of hydrogen-bond acceptors (Lipinski definition) is 5. The minimum Gasteiger partial charge on any atom is -0.434 e. The second kappa shape index (κ2) is 9.56. The second-order valence-corrected chi connectivity index (χ2v) is 8.96. The number of aromatic nitrogens is 1. The Labute approximate surface area is 186 Å². The molecule has 1 aromatic carbocycles. The molecule has 2 unspecified atom stereocenters. The Morgan fingerprint density at radius 1 is 1.10 bits per heavy atom. The van der Waals surface area contributed by atoms with Gasteiger partial charge in [-0.05, 0) is 60.7 Å². The lowest BCUT2D eigenvalue weighted by Crippen LogP contribution is -2.45. The fraction of sp³-hybridized carbons (Fsp3) is 0.571. The molecule has 31 heavy (non-hydrogen) atoms. The fourth-order valence-corrected chi connectivity index (χ4v) is 4.54. The highest BCUT2D eigenvalue weighted by atomic mass is 79.9. The zero-order chi connectivity index (χ0) is 22.1. The molecule has 1 saturated carbocycles. The summed E-state index contributed by atoms with van der Waals surface area (Å²) in [5.41, 5.74) is 1.46. The van der Waals surface area contributed by atoms with Crippen molar-refractivity contribution in [2.75, 3.05) is 0 Å². The summed E-state index contributed by atoms with van der Waals surface area (Å²) in [5, 5.41) is 7.29. The summed E-state index contributed by atoms with van der Waals surface area (Å²) in [6.07, 6.45) is 2.59.